The topological polar surface area (TPSA) is 36.1 Å². The predicted molar refractivity (Wildman–Crippen MR) is 86.9 cm³/mol. The SMILES string of the molecule is CCN(Cc1ccccc1)c1ccc2[nH]cc(C=O)c2c1. The van der Waals surface area contributed by atoms with Crippen LogP contribution >= 0.6 is 0 Å². The maximum Gasteiger partial charge on any atom is 0.152 e. The molecule has 0 aliphatic rings. The molecule has 0 aliphatic heterocycles. The molecule has 1 aromatic heterocycles. The zero-order valence-corrected chi connectivity index (χ0v) is 12.0. The lowest BCUT2D eigenvalue weighted by molar-refractivity contribution is 0.112. The summed E-state index contributed by atoms with van der Waals surface area (Å²) in [5, 5.41) is 0.981. The van der Waals surface area contributed by atoms with Crippen LogP contribution in [0, 0.1) is 0 Å². The molecule has 0 atom stereocenters. The number of carbonyl (C=O) groups is 1. The number of aromatic nitrogens is 1. The fourth-order valence-electron chi connectivity index (χ4n) is 2.61. The Morgan fingerprint density at radius 2 is 1.95 bits per heavy atom. The zero-order chi connectivity index (χ0) is 14.7. The standard InChI is InChI=1S/C18H18N2O/c1-2-20(12-14-6-4-3-5-7-14)16-8-9-18-17(10-16)15(13-21)11-19-18/h3-11,13,19H,2,12H2,1H3. The van der Waals surface area contributed by atoms with Gasteiger partial charge in [-0.3, -0.25) is 4.79 Å². The summed E-state index contributed by atoms with van der Waals surface area (Å²) < 4.78 is 0. The Kier molecular flexibility index (Phi) is 3.73. The van der Waals surface area contributed by atoms with Crippen molar-refractivity contribution in [3.8, 4) is 0 Å². The van der Waals surface area contributed by atoms with Gasteiger partial charge in [-0.15, -0.1) is 0 Å². The van der Waals surface area contributed by atoms with Gasteiger partial charge in [0.15, 0.2) is 6.29 Å². The summed E-state index contributed by atoms with van der Waals surface area (Å²) in [6.45, 7) is 3.93. The van der Waals surface area contributed by atoms with E-state index in [0.29, 0.717) is 5.56 Å². The van der Waals surface area contributed by atoms with Crippen molar-refractivity contribution in [3.63, 3.8) is 0 Å². The summed E-state index contributed by atoms with van der Waals surface area (Å²) >= 11 is 0. The van der Waals surface area contributed by atoms with E-state index >= 15 is 0 Å². The Balaban J connectivity index is 1.94. The molecule has 0 fully saturated rings. The van der Waals surface area contributed by atoms with E-state index in [1.165, 1.54) is 5.56 Å². The fourth-order valence-corrected chi connectivity index (χ4v) is 2.61. The number of carbonyl (C=O) groups excluding carboxylic acids is 1. The summed E-state index contributed by atoms with van der Waals surface area (Å²) in [6.07, 6.45) is 2.66. The van der Waals surface area contributed by atoms with Crippen LogP contribution in [-0.4, -0.2) is 17.8 Å². The molecule has 0 bridgehead atoms. The molecule has 0 spiro atoms. The van der Waals surface area contributed by atoms with Crippen molar-refractivity contribution >= 4 is 22.9 Å². The molecular formula is C18H18N2O. The molecule has 0 saturated carbocycles. The van der Waals surface area contributed by atoms with Gasteiger partial charge < -0.3 is 9.88 Å². The smallest absolute Gasteiger partial charge is 0.152 e. The molecule has 2 aromatic carbocycles. The van der Waals surface area contributed by atoms with Crippen LogP contribution in [0.5, 0.6) is 0 Å². The largest absolute Gasteiger partial charge is 0.367 e. The van der Waals surface area contributed by atoms with Gasteiger partial charge in [-0.2, -0.15) is 0 Å². The van der Waals surface area contributed by atoms with Crippen molar-refractivity contribution < 1.29 is 4.79 Å². The minimum Gasteiger partial charge on any atom is -0.367 e. The Hall–Kier alpha value is -2.55. The van der Waals surface area contributed by atoms with Crippen molar-refractivity contribution in [2.24, 2.45) is 0 Å². The maximum absolute atomic E-state index is 11.1. The zero-order valence-electron chi connectivity index (χ0n) is 12.0. The first-order valence-electron chi connectivity index (χ1n) is 7.17. The number of nitrogens with one attached hydrogen (secondary N) is 1. The first-order chi connectivity index (χ1) is 10.3. The third-order valence-corrected chi connectivity index (χ3v) is 3.79. The van der Waals surface area contributed by atoms with E-state index < -0.39 is 0 Å². The monoisotopic (exact) mass is 278 g/mol. The van der Waals surface area contributed by atoms with Crippen molar-refractivity contribution in [2.75, 3.05) is 11.4 Å². The first-order valence-corrected chi connectivity index (χ1v) is 7.17. The van der Waals surface area contributed by atoms with Crippen LogP contribution < -0.4 is 4.90 Å². The molecule has 1 heterocycles. The second kappa shape index (κ2) is 5.83. The van der Waals surface area contributed by atoms with Crippen molar-refractivity contribution in [1.29, 1.82) is 0 Å². The van der Waals surface area contributed by atoms with Crippen molar-refractivity contribution in [3.05, 3.63) is 65.9 Å². The number of nitrogens with zero attached hydrogens (tertiary/aromatic N) is 1. The van der Waals surface area contributed by atoms with Crippen LogP contribution in [0.25, 0.3) is 10.9 Å². The predicted octanol–water partition coefficient (Wildman–Crippen LogP) is 4.01. The molecule has 0 radical (unpaired) electrons. The number of aldehydes is 1. The molecule has 0 unspecified atom stereocenters. The summed E-state index contributed by atoms with van der Waals surface area (Å²) in [5.41, 5.74) is 4.12. The lowest BCUT2D eigenvalue weighted by Gasteiger charge is -2.23. The normalized spacial score (nSPS) is 10.7. The van der Waals surface area contributed by atoms with Gasteiger partial charge in [-0.1, -0.05) is 30.3 Å². The molecule has 21 heavy (non-hydrogen) atoms. The Labute approximate surface area is 124 Å². The maximum atomic E-state index is 11.1. The third kappa shape index (κ3) is 2.68. The number of hydrogen-bond acceptors (Lipinski definition) is 2. The quantitative estimate of drug-likeness (QED) is 0.716. The molecule has 3 rings (SSSR count). The summed E-state index contributed by atoms with van der Waals surface area (Å²) in [5.74, 6) is 0. The minimum absolute atomic E-state index is 0.711. The second-order valence-corrected chi connectivity index (χ2v) is 5.09. The first kappa shape index (κ1) is 13.4. The van der Waals surface area contributed by atoms with Gasteiger partial charge in [0.2, 0.25) is 0 Å². The Bertz CT molecular complexity index is 746. The number of aromatic amines is 1. The molecule has 1 N–H and O–H groups in total. The van der Waals surface area contributed by atoms with E-state index in [-0.39, 0.29) is 0 Å². The van der Waals surface area contributed by atoms with E-state index in [1.807, 2.05) is 12.1 Å². The van der Waals surface area contributed by atoms with Crippen LogP contribution in [-0.2, 0) is 6.54 Å². The Morgan fingerprint density at radius 3 is 2.67 bits per heavy atom. The van der Waals surface area contributed by atoms with Gasteiger partial charge in [-0.25, -0.2) is 0 Å². The van der Waals surface area contributed by atoms with E-state index in [2.05, 4.69) is 53.2 Å². The van der Waals surface area contributed by atoms with Gasteiger partial charge >= 0.3 is 0 Å². The van der Waals surface area contributed by atoms with Crippen LogP contribution in [0.2, 0.25) is 0 Å². The highest BCUT2D eigenvalue weighted by atomic mass is 16.1. The number of H-pyrrole nitrogens is 1. The summed E-state index contributed by atoms with van der Waals surface area (Å²) in [6, 6.07) is 16.6. The highest BCUT2D eigenvalue weighted by Crippen LogP contribution is 2.25. The Morgan fingerprint density at radius 1 is 1.14 bits per heavy atom. The number of benzene rings is 2. The average Bonchev–Trinajstić information content (AvgIpc) is 2.95. The van der Waals surface area contributed by atoms with E-state index in [1.54, 1.807) is 6.20 Å². The van der Waals surface area contributed by atoms with Gasteiger partial charge in [0.05, 0.1) is 0 Å². The van der Waals surface area contributed by atoms with E-state index in [9.17, 15) is 4.79 Å². The van der Waals surface area contributed by atoms with Crippen LogP contribution in [0.15, 0.2) is 54.7 Å². The molecule has 0 aliphatic carbocycles. The lowest BCUT2D eigenvalue weighted by atomic mass is 10.1. The highest BCUT2D eigenvalue weighted by Gasteiger charge is 2.09. The summed E-state index contributed by atoms with van der Waals surface area (Å²) in [7, 11) is 0. The van der Waals surface area contributed by atoms with Crippen LogP contribution in [0.1, 0.15) is 22.8 Å². The number of hydrogen-bond donors (Lipinski definition) is 1. The number of anilines is 1. The molecule has 0 amide bonds. The molecule has 3 aromatic rings. The number of fused-ring (bicyclic) bond motifs is 1. The molecule has 0 saturated heterocycles. The highest BCUT2D eigenvalue weighted by molar-refractivity contribution is 5.98. The molecule has 106 valence electrons. The average molecular weight is 278 g/mol. The lowest BCUT2D eigenvalue weighted by Crippen LogP contribution is -2.21. The van der Waals surface area contributed by atoms with Crippen LogP contribution in [0.3, 0.4) is 0 Å². The number of rotatable bonds is 5. The van der Waals surface area contributed by atoms with Crippen LogP contribution in [0.4, 0.5) is 5.69 Å². The summed E-state index contributed by atoms with van der Waals surface area (Å²) in [4.78, 5) is 16.5. The van der Waals surface area contributed by atoms with Crippen molar-refractivity contribution in [1.82, 2.24) is 4.98 Å². The van der Waals surface area contributed by atoms with Gasteiger partial charge in [0.25, 0.3) is 0 Å². The molecular weight excluding hydrogens is 260 g/mol. The fraction of sp³-hybridized carbons (Fsp3) is 0.167. The second-order valence-electron chi connectivity index (χ2n) is 5.09. The molecule has 3 nitrogen and oxygen atoms in total. The van der Waals surface area contributed by atoms with E-state index in [4.69, 9.17) is 0 Å². The van der Waals surface area contributed by atoms with Gasteiger partial charge in [0, 0.05) is 41.4 Å². The molecule has 3 heteroatoms. The third-order valence-electron chi connectivity index (χ3n) is 3.79. The minimum atomic E-state index is 0.711. The van der Waals surface area contributed by atoms with Crippen molar-refractivity contribution in [2.45, 2.75) is 13.5 Å². The van der Waals surface area contributed by atoms with E-state index in [0.717, 1.165) is 36.0 Å². The van der Waals surface area contributed by atoms with Gasteiger partial charge in [-0.05, 0) is 30.7 Å². The van der Waals surface area contributed by atoms with Gasteiger partial charge in [0.1, 0.15) is 0 Å².